The van der Waals surface area contributed by atoms with Gasteiger partial charge in [-0.05, 0) is 100 Å². The number of hydrogen-bond acceptors (Lipinski definition) is 14. The Bertz CT molecular complexity index is 2260. The predicted octanol–water partition coefficient (Wildman–Crippen LogP) is 7.21. The van der Waals surface area contributed by atoms with Gasteiger partial charge >= 0.3 is 11.9 Å². The highest BCUT2D eigenvalue weighted by molar-refractivity contribution is 6.30. The molecule has 57 heavy (non-hydrogen) atoms. The average molecular weight is 803 g/mol. The third kappa shape index (κ3) is 9.90. The lowest BCUT2D eigenvalue weighted by atomic mass is 9.93. The maximum atomic E-state index is 12.7. The molecule has 298 valence electrons. The Hall–Kier alpha value is -6.80. The minimum atomic E-state index is -1.12. The molecule has 5 aromatic rings. The third-order valence-corrected chi connectivity index (χ3v) is 8.74. The fourth-order valence-electron chi connectivity index (χ4n) is 5.61. The number of phenols is 7. The van der Waals surface area contributed by atoms with Crippen molar-refractivity contribution in [2.75, 3.05) is 0 Å². The van der Waals surface area contributed by atoms with E-state index in [4.69, 9.17) is 30.5 Å². The van der Waals surface area contributed by atoms with E-state index in [2.05, 4.69) is 0 Å². The molecule has 2 atom stereocenters. The van der Waals surface area contributed by atoms with Crippen molar-refractivity contribution in [1.29, 1.82) is 0 Å². The summed E-state index contributed by atoms with van der Waals surface area (Å²) in [7, 11) is 0. The zero-order valence-electron chi connectivity index (χ0n) is 31.0. The van der Waals surface area contributed by atoms with Gasteiger partial charge < -0.3 is 54.7 Å². The van der Waals surface area contributed by atoms with Crippen LogP contribution in [-0.4, -0.2) is 71.3 Å². The van der Waals surface area contributed by atoms with Crippen LogP contribution in [0, 0.1) is 0 Å². The number of benzene rings is 5. The molecule has 0 radical (unpaired) electrons. The predicted molar refractivity (Wildman–Crippen MR) is 205 cm³/mol. The van der Waals surface area contributed by atoms with E-state index in [-0.39, 0.29) is 52.4 Å². The van der Waals surface area contributed by atoms with Crippen molar-refractivity contribution in [2.24, 2.45) is 0 Å². The van der Waals surface area contributed by atoms with Crippen molar-refractivity contribution < 1.29 is 69.1 Å². The number of ketones is 1. The smallest absolute Gasteiger partial charge is 0.350 e. The third-order valence-electron chi connectivity index (χ3n) is 8.49. The summed E-state index contributed by atoms with van der Waals surface area (Å²) in [6.07, 6.45) is -2.34. The first kappa shape index (κ1) is 41.4. The first-order valence-electron chi connectivity index (χ1n) is 17.3. The summed E-state index contributed by atoms with van der Waals surface area (Å²) in [5.74, 6) is -4.50. The number of esters is 2. The molecule has 1 heterocycles. The van der Waals surface area contributed by atoms with Crippen LogP contribution in [-0.2, 0) is 20.7 Å². The molecule has 0 bridgehead atoms. The van der Waals surface area contributed by atoms with Crippen LogP contribution >= 0.6 is 11.6 Å². The molecule has 2 unspecified atom stereocenters. The summed E-state index contributed by atoms with van der Waals surface area (Å²) in [5, 5.41) is 68.8. The molecule has 0 spiro atoms. The molecule has 7 N–H and O–H groups in total. The number of hydrogen-bond donors (Lipinski definition) is 7. The lowest BCUT2D eigenvalue weighted by molar-refractivity contribution is -0.163. The van der Waals surface area contributed by atoms with Gasteiger partial charge in [0.25, 0.3) is 0 Å². The van der Waals surface area contributed by atoms with Crippen LogP contribution in [0.1, 0.15) is 71.2 Å². The van der Waals surface area contributed by atoms with Gasteiger partial charge in [0.2, 0.25) is 0 Å². The maximum Gasteiger partial charge on any atom is 0.350 e. The van der Waals surface area contributed by atoms with Crippen LogP contribution in [0.2, 0.25) is 5.02 Å². The number of aromatic hydroxyl groups is 7. The van der Waals surface area contributed by atoms with E-state index in [1.54, 1.807) is 76.2 Å². The molecule has 0 amide bonds. The van der Waals surface area contributed by atoms with E-state index in [1.807, 2.05) is 0 Å². The van der Waals surface area contributed by atoms with Crippen LogP contribution in [0.15, 0.2) is 91.0 Å². The minimum absolute atomic E-state index is 0.0461. The molecule has 0 saturated heterocycles. The number of carbonyl (C=O) groups is 3. The van der Waals surface area contributed by atoms with E-state index in [1.165, 1.54) is 24.3 Å². The van der Waals surface area contributed by atoms with E-state index in [0.29, 0.717) is 27.5 Å². The van der Waals surface area contributed by atoms with Crippen molar-refractivity contribution in [2.45, 2.75) is 58.0 Å². The molecule has 0 aromatic heterocycles. The van der Waals surface area contributed by atoms with Crippen molar-refractivity contribution in [3.05, 3.63) is 124 Å². The Morgan fingerprint density at radius 2 is 1.32 bits per heavy atom. The maximum absolute atomic E-state index is 12.7. The zero-order valence-corrected chi connectivity index (χ0v) is 31.7. The first-order valence-corrected chi connectivity index (χ1v) is 17.7. The standard InChI is InChI=1S/C22H18O10.C20H21ClO4/c23-11-6-14(25)12-8-19(32-22(30)10-4-16(27)20(29)17(28)5-10)21(31-18(12)7-11)9-1-2-13(24)15(26)3-9;1-13(2)24-19(23)20(3,4)25-17-11-7-15(8-12-17)18(22)14-5-9-16(21)10-6-14/h1-7,19,21,23-29H,8H2;5-13H,1-4H3. The van der Waals surface area contributed by atoms with E-state index < -0.39 is 52.7 Å². The highest BCUT2D eigenvalue weighted by atomic mass is 35.5. The van der Waals surface area contributed by atoms with E-state index in [0.717, 1.165) is 18.2 Å². The second-order valence-corrected chi connectivity index (χ2v) is 14.1. The topological polar surface area (TPSA) is 230 Å². The highest BCUT2D eigenvalue weighted by Gasteiger charge is 2.37. The van der Waals surface area contributed by atoms with Crippen molar-refractivity contribution in [3.63, 3.8) is 0 Å². The van der Waals surface area contributed by atoms with Gasteiger partial charge in [-0.2, -0.15) is 0 Å². The van der Waals surface area contributed by atoms with Crippen LogP contribution < -0.4 is 9.47 Å². The lowest BCUT2D eigenvalue weighted by Crippen LogP contribution is -2.40. The molecule has 6 rings (SSSR count). The van der Waals surface area contributed by atoms with Gasteiger partial charge in [-0.1, -0.05) is 17.7 Å². The zero-order chi connectivity index (χ0) is 41.8. The molecule has 15 heteroatoms. The number of halogens is 1. The molecular formula is C42H39ClO14. The van der Waals surface area contributed by atoms with Crippen LogP contribution in [0.5, 0.6) is 51.7 Å². The summed E-state index contributed by atoms with van der Waals surface area (Å²) in [5.41, 5.74) is 0.285. The van der Waals surface area contributed by atoms with E-state index >= 15 is 0 Å². The molecule has 14 nitrogen and oxygen atoms in total. The monoisotopic (exact) mass is 802 g/mol. The largest absolute Gasteiger partial charge is 0.508 e. The molecule has 0 saturated carbocycles. The van der Waals surface area contributed by atoms with Gasteiger partial charge in [-0.25, -0.2) is 9.59 Å². The molecule has 0 aliphatic carbocycles. The van der Waals surface area contributed by atoms with Gasteiger partial charge in [0.05, 0.1) is 11.7 Å². The lowest BCUT2D eigenvalue weighted by Gasteiger charge is -2.34. The molecule has 1 aliphatic rings. The van der Waals surface area contributed by atoms with Crippen molar-refractivity contribution in [3.8, 4) is 51.7 Å². The fourth-order valence-corrected chi connectivity index (χ4v) is 5.74. The Morgan fingerprint density at radius 1 is 0.719 bits per heavy atom. The molecular weight excluding hydrogens is 764 g/mol. The number of fused-ring (bicyclic) bond motifs is 1. The van der Waals surface area contributed by atoms with Crippen LogP contribution in [0.3, 0.4) is 0 Å². The Morgan fingerprint density at radius 3 is 1.89 bits per heavy atom. The van der Waals surface area contributed by atoms with Crippen LogP contribution in [0.25, 0.3) is 0 Å². The number of phenolic OH excluding ortho intramolecular Hbond substituents is 7. The fraction of sp³-hybridized carbons (Fsp3) is 0.214. The molecule has 1 aliphatic heterocycles. The SMILES string of the molecule is CC(C)OC(=O)C(C)(C)Oc1ccc(C(=O)c2ccc(Cl)cc2)cc1.O=C(OC1Cc2c(O)cc(O)cc2OC1c1ccc(O)c(O)c1)c1cc(O)c(O)c(O)c1. The number of ether oxygens (including phenoxy) is 4. The van der Waals surface area contributed by atoms with Crippen molar-refractivity contribution >= 4 is 29.3 Å². The Balaban J connectivity index is 0.000000225. The average Bonchev–Trinajstić information content (AvgIpc) is 3.15. The quantitative estimate of drug-likeness (QED) is 0.0444. The molecule has 0 fully saturated rings. The van der Waals surface area contributed by atoms with Crippen LogP contribution in [0.4, 0.5) is 0 Å². The van der Waals surface area contributed by atoms with Gasteiger partial charge in [0, 0.05) is 45.8 Å². The van der Waals surface area contributed by atoms with Gasteiger partial charge in [0.15, 0.2) is 46.2 Å². The highest BCUT2D eigenvalue weighted by Crippen LogP contribution is 2.44. The number of carbonyl (C=O) groups excluding carboxylic acids is 3. The summed E-state index contributed by atoms with van der Waals surface area (Å²) in [6.45, 7) is 6.85. The number of rotatable bonds is 9. The summed E-state index contributed by atoms with van der Waals surface area (Å²) >= 11 is 5.84. The Labute approximate surface area is 331 Å². The molecule has 5 aromatic carbocycles. The van der Waals surface area contributed by atoms with Gasteiger partial charge in [0.1, 0.15) is 29.1 Å². The van der Waals surface area contributed by atoms with E-state index in [9.17, 15) is 50.1 Å². The summed E-state index contributed by atoms with van der Waals surface area (Å²) in [6, 6.07) is 21.4. The van der Waals surface area contributed by atoms with Gasteiger partial charge in [-0.15, -0.1) is 0 Å². The summed E-state index contributed by atoms with van der Waals surface area (Å²) in [4.78, 5) is 37.2. The first-order chi connectivity index (χ1) is 26.8. The Kier molecular flexibility index (Phi) is 12.3. The second-order valence-electron chi connectivity index (χ2n) is 13.7. The minimum Gasteiger partial charge on any atom is -0.508 e. The van der Waals surface area contributed by atoms with Crippen molar-refractivity contribution in [1.82, 2.24) is 0 Å². The van der Waals surface area contributed by atoms with Gasteiger partial charge in [-0.3, -0.25) is 4.79 Å². The normalized spacial score (nSPS) is 14.6. The second kappa shape index (κ2) is 16.9. The summed E-state index contributed by atoms with van der Waals surface area (Å²) < 4.78 is 22.3.